The van der Waals surface area contributed by atoms with Gasteiger partial charge in [0.2, 0.25) is 0 Å². The first-order chi connectivity index (χ1) is 12.0. The maximum atomic E-state index is 9.27. The molecule has 0 aromatic rings. The van der Waals surface area contributed by atoms with Crippen molar-refractivity contribution in [3.8, 4) is 0 Å². The van der Waals surface area contributed by atoms with E-state index in [1.54, 1.807) is 0 Å². The fourth-order valence-electron chi connectivity index (χ4n) is 3.45. The third-order valence-electron chi connectivity index (χ3n) is 4.74. The molecule has 3 N–H and O–H groups in total. The molecule has 6 nitrogen and oxygen atoms in total. The van der Waals surface area contributed by atoms with Crippen molar-refractivity contribution in [1.29, 1.82) is 0 Å². The lowest BCUT2D eigenvalue weighted by atomic mass is 9.94. The van der Waals surface area contributed by atoms with Crippen molar-refractivity contribution in [2.75, 3.05) is 46.0 Å². The molecule has 1 fully saturated rings. The second-order valence-corrected chi connectivity index (χ2v) is 7.62. The summed E-state index contributed by atoms with van der Waals surface area (Å²) in [5.74, 6) is 1.95. The van der Waals surface area contributed by atoms with E-state index < -0.39 is 0 Å². The summed E-state index contributed by atoms with van der Waals surface area (Å²) in [4.78, 5) is 7.26. The molecule has 0 aromatic heterocycles. The number of guanidine groups is 1. The smallest absolute Gasteiger partial charge is 0.191 e. The van der Waals surface area contributed by atoms with Crippen LogP contribution in [0.15, 0.2) is 4.99 Å². The molecule has 0 aromatic carbocycles. The Morgan fingerprint density at radius 2 is 2.04 bits per heavy atom. The third-order valence-corrected chi connectivity index (χ3v) is 4.74. The zero-order valence-electron chi connectivity index (χ0n) is 17.3. The lowest BCUT2D eigenvalue weighted by molar-refractivity contribution is -0.0174. The number of halogens is 1. The van der Waals surface area contributed by atoms with Gasteiger partial charge in [-0.25, -0.2) is 0 Å². The Balaban J connectivity index is 0.00000625. The number of aliphatic hydroxyl groups excluding tert-OH is 1. The van der Waals surface area contributed by atoms with Gasteiger partial charge in [0.25, 0.3) is 0 Å². The zero-order valence-corrected chi connectivity index (χ0v) is 19.7. The van der Waals surface area contributed by atoms with Crippen LogP contribution in [-0.2, 0) is 4.74 Å². The van der Waals surface area contributed by atoms with Gasteiger partial charge >= 0.3 is 0 Å². The second-order valence-electron chi connectivity index (χ2n) is 7.62. The van der Waals surface area contributed by atoms with Crippen molar-refractivity contribution in [2.24, 2.45) is 16.8 Å². The highest BCUT2D eigenvalue weighted by molar-refractivity contribution is 14.0. The van der Waals surface area contributed by atoms with Gasteiger partial charge in [-0.3, -0.25) is 9.89 Å². The first-order valence-corrected chi connectivity index (χ1v) is 9.94. The van der Waals surface area contributed by atoms with Crippen LogP contribution in [0.3, 0.4) is 0 Å². The maximum absolute atomic E-state index is 9.27. The van der Waals surface area contributed by atoms with Crippen LogP contribution in [0.1, 0.15) is 47.5 Å². The SMILES string of the molecule is CCNC(=NCC(CCO)CC(C)C)NCC(C)N1CCOCC1C.I. The van der Waals surface area contributed by atoms with Crippen molar-refractivity contribution in [3.63, 3.8) is 0 Å². The fourth-order valence-corrected chi connectivity index (χ4v) is 3.45. The minimum absolute atomic E-state index is 0. The average molecular weight is 484 g/mol. The Hall–Kier alpha value is -0.120. The van der Waals surface area contributed by atoms with E-state index in [-0.39, 0.29) is 30.6 Å². The molecule has 0 spiro atoms. The number of hydrogen-bond donors (Lipinski definition) is 3. The van der Waals surface area contributed by atoms with Gasteiger partial charge in [-0.05, 0) is 45.4 Å². The summed E-state index contributed by atoms with van der Waals surface area (Å²) in [5, 5.41) is 16.1. The molecule has 1 aliphatic rings. The summed E-state index contributed by atoms with van der Waals surface area (Å²) in [5.41, 5.74) is 0. The molecular weight excluding hydrogens is 443 g/mol. The van der Waals surface area contributed by atoms with Crippen LogP contribution >= 0.6 is 24.0 Å². The highest BCUT2D eigenvalue weighted by Crippen LogP contribution is 2.15. The molecule has 0 radical (unpaired) electrons. The Kier molecular flexibility index (Phi) is 14.8. The molecule has 7 heteroatoms. The van der Waals surface area contributed by atoms with E-state index in [0.717, 1.165) is 58.2 Å². The first-order valence-electron chi connectivity index (χ1n) is 9.94. The van der Waals surface area contributed by atoms with Crippen LogP contribution in [0.25, 0.3) is 0 Å². The Labute approximate surface area is 177 Å². The molecule has 0 amide bonds. The fraction of sp³-hybridized carbons (Fsp3) is 0.947. The first kappa shape index (κ1) is 25.9. The normalized spacial score (nSPS) is 21.2. The van der Waals surface area contributed by atoms with Gasteiger partial charge in [-0.1, -0.05) is 13.8 Å². The summed E-state index contributed by atoms with van der Waals surface area (Å²) in [6, 6.07) is 0.900. The highest BCUT2D eigenvalue weighted by Gasteiger charge is 2.23. The van der Waals surface area contributed by atoms with Crippen molar-refractivity contribution in [1.82, 2.24) is 15.5 Å². The average Bonchev–Trinajstić information content (AvgIpc) is 2.57. The number of nitrogens with one attached hydrogen (secondary N) is 2. The van der Waals surface area contributed by atoms with E-state index in [1.807, 2.05) is 0 Å². The maximum Gasteiger partial charge on any atom is 0.191 e. The molecule has 1 heterocycles. The van der Waals surface area contributed by atoms with Gasteiger partial charge in [-0.2, -0.15) is 0 Å². The molecular formula is C19H41IN4O2. The van der Waals surface area contributed by atoms with Gasteiger partial charge in [-0.15, -0.1) is 24.0 Å². The number of morpholine rings is 1. The van der Waals surface area contributed by atoms with E-state index >= 15 is 0 Å². The van der Waals surface area contributed by atoms with Gasteiger partial charge in [0, 0.05) is 44.9 Å². The standard InChI is InChI=1S/C19H40N4O2.HI/c1-6-20-19(22-13-18(7-9-24)11-15(2)3)21-12-16(4)23-8-10-25-14-17(23)5;/h15-18,24H,6-14H2,1-5H3,(H2,20,21,22);1H. The topological polar surface area (TPSA) is 69.1 Å². The van der Waals surface area contributed by atoms with E-state index in [2.05, 4.69) is 50.2 Å². The van der Waals surface area contributed by atoms with Crippen LogP contribution in [0.5, 0.6) is 0 Å². The monoisotopic (exact) mass is 484 g/mol. The van der Waals surface area contributed by atoms with Gasteiger partial charge in [0.05, 0.1) is 13.2 Å². The molecule has 3 atom stereocenters. The van der Waals surface area contributed by atoms with Crippen LogP contribution < -0.4 is 10.6 Å². The van der Waals surface area contributed by atoms with Crippen molar-refractivity contribution in [2.45, 2.75) is 59.5 Å². The molecule has 156 valence electrons. The quantitative estimate of drug-likeness (QED) is 0.252. The minimum atomic E-state index is 0. The van der Waals surface area contributed by atoms with Crippen LogP contribution in [0, 0.1) is 11.8 Å². The third kappa shape index (κ3) is 10.3. The highest BCUT2D eigenvalue weighted by atomic mass is 127. The molecule has 0 bridgehead atoms. The summed E-state index contributed by atoms with van der Waals surface area (Å²) in [6.45, 7) is 16.4. The molecule has 0 aliphatic carbocycles. The lowest BCUT2D eigenvalue weighted by Gasteiger charge is -2.38. The number of nitrogens with zero attached hydrogens (tertiary/aromatic N) is 2. The van der Waals surface area contributed by atoms with Crippen LogP contribution in [0.2, 0.25) is 0 Å². The van der Waals surface area contributed by atoms with E-state index in [1.165, 1.54) is 0 Å². The molecule has 0 saturated carbocycles. The Morgan fingerprint density at radius 3 is 2.62 bits per heavy atom. The summed E-state index contributed by atoms with van der Waals surface area (Å²) < 4.78 is 5.53. The zero-order chi connectivity index (χ0) is 18.7. The van der Waals surface area contributed by atoms with E-state index in [9.17, 15) is 5.11 Å². The Bertz CT molecular complexity index is 383. The second kappa shape index (κ2) is 14.9. The van der Waals surface area contributed by atoms with Gasteiger partial charge in [0.15, 0.2) is 5.96 Å². The van der Waals surface area contributed by atoms with Crippen molar-refractivity contribution < 1.29 is 9.84 Å². The van der Waals surface area contributed by atoms with Crippen LogP contribution in [-0.4, -0.2) is 74.0 Å². The summed E-state index contributed by atoms with van der Waals surface area (Å²) >= 11 is 0. The van der Waals surface area contributed by atoms with Crippen molar-refractivity contribution >= 4 is 29.9 Å². The molecule has 1 aliphatic heterocycles. The number of ether oxygens (including phenoxy) is 1. The summed E-state index contributed by atoms with van der Waals surface area (Å²) in [6.07, 6.45) is 1.92. The Morgan fingerprint density at radius 1 is 1.31 bits per heavy atom. The van der Waals surface area contributed by atoms with E-state index in [0.29, 0.717) is 23.9 Å². The molecule has 26 heavy (non-hydrogen) atoms. The lowest BCUT2D eigenvalue weighted by Crippen LogP contribution is -2.53. The van der Waals surface area contributed by atoms with Gasteiger partial charge in [0.1, 0.15) is 0 Å². The predicted molar refractivity (Wildman–Crippen MR) is 120 cm³/mol. The number of rotatable bonds is 10. The van der Waals surface area contributed by atoms with Gasteiger partial charge < -0.3 is 20.5 Å². The molecule has 3 unspecified atom stereocenters. The molecule has 1 rings (SSSR count). The number of hydrogen-bond acceptors (Lipinski definition) is 4. The minimum Gasteiger partial charge on any atom is -0.396 e. The van der Waals surface area contributed by atoms with Crippen molar-refractivity contribution in [3.05, 3.63) is 0 Å². The number of aliphatic hydroxyl groups is 1. The largest absolute Gasteiger partial charge is 0.396 e. The van der Waals surface area contributed by atoms with E-state index in [4.69, 9.17) is 9.73 Å². The summed E-state index contributed by atoms with van der Waals surface area (Å²) in [7, 11) is 0. The van der Waals surface area contributed by atoms with Crippen LogP contribution in [0.4, 0.5) is 0 Å². The predicted octanol–water partition coefficient (Wildman–Crippen LogP) is 2.31. The number of aliphatic imine (C=N–C) groups is 1. The molecule has 1 saturated heterocycles.